The van der Waals surface area contributed by atoms with Gasteiger partial charge in [-0.2, -0.15) is 0 Å². The van der Waals surface area contributed by atoms with Crippen molar-refractivity contribution in [2.24, 2.45) is 5.73 Å². The number of nitrogens with two attached hydrogens (primary N) is 1. The third kappa shape index (κ3) is 2.82. The first-order chi connectivity index (χ1) is 14.7. The SMILES string of the molecule is CCc1c(-c2nc3c(ccc4ccccc43)[nH]c2=O)c2ccccc2n1CCCN. The van der Waals surface area contributed by atoms with Crippen LogP contribution in [-0.4, -0.2) is 21.1 Å². The number of nitrogens with one attached hydrogen (secondary N) is 1. The summed E-state index contributed by atoms with van der Waals surface area (Å²) < 4.78 is 2.30. The number of para-hydroxylation sites is 1. The molecule has 0 aliphatic heterocycles. The largest absolute Gasteiger partial charge is 0.344 e. The number of benzene rings is 3. The Kier molecular flexibility index (Phi) is 4.60. The molecule has 5 heteroatoms. The highest BCUT2D eigenvalue weighted by Gasteiger charge is 2.21. The van der Waals surface area contributed by atoms with Crippen LogP contribution in [-0.2, 0) is 13.0 Å². The second kappa shape index (κ2) is 7.43. The van der Waals surface area contributed by atoms with Gasteiger partial charge in [-0.25, -0.2) is 4.98 Å². The highest BCUT2D eigenvalue weighted by Crippen LogP contribution is 2.34. The van der Waals surface area contributed by atoms with Crippen LogP contribution in [0, 0.1) is 0 Å². The number of aromatic amines is 1. The molecule has 5 aromatic rings. The minimum absolute atomic E-state index is 0.158. The van der Waals surface area contributed by atoms with Gasteiger partial charge >= 0.3 is 0 Å². The van der Waals surface area contributed by atoms with Gasteiger partial charge in [-0.15, -0.1) is 0 Å². The quantitative estimate of drug-likeness (QED) is 0.426. The molecule has 2 aromatic heterocycles. The van der Waals surface area contributed by atoms with Crippen molar-refractivity contribution >= 4 is 32.7 Å². The number of aromatic nitrogens is 3. The van der Waals surface area contributed by atoms with Crippen LogP contribution in [0.2, 0.25) is 0 Å². The summed E-state index contributed by atoms with van der Waals surface area (Å²) in [6.07, 6.45) is 1.69. The van der Waals surface area contributed by atoms with Crippen LogP contribution in [0.5, 0.6) is 0 Å². The van der Waals surface area contributed by atoms with Crippen molar-refractivity contribution in [3.8, 4) is 11.3 Å². The van der Waals surface area contributed by atoms with E-state index in [1.807, 2.05) is 36.4 Å². The van der Waals surface area contributed by atoms with Crippen molar-refractivity contribution in [2.75, 3.05) is 6.54 Å². The van der Waals surface area contributed by atoms with Crippen molar-refractivity contribution < 1.29 is 0 Å². The molecule has 3 aromatic carbocycles. The maximum Gasteiger partial charge on any atom is 0.275 e. The molecule has 0 unspecified atom stereocenters. The van der Waals surface area contributed by atoms with Gasteiger partial charge in [-0.3, -0.25) is 4.79 Å². The lowest BCUT2D eigenvalue weighted by Gasteiger charge is -2.10. The highest BCUT2D eigenvalue weighted by molar-refractivity contribution is 6.05. The maximum absolute atomic E-state index is 13.2. The van der Waals surface area contributed by atoms with Crippen LogP contribution in [0.15, 0.2) is 65.5 Å². The predicted molar refractivity (Wildman–Crippen MR) is 124 cm³/mol. The van der Waals surface area contributed by atoms with E-state index in [2.05, 4.69) is 40.7 Å². The zero-order valence-electron chi connectivity index (χ0n) is 17.0. The fraction of sp³-hybridized carbons (Fsp3) is 0.200. The molecule has 0 fully saturated rings. The zero-order valence-corrected chi connectivity index (χ0v) is 17.0. The van der Waals surface area contributed by atoms with Crippen molar-refractivity contribution in [3.63, 3.8) is 0 Å². The topological polar surface area (TPSA) is 76.7 Å². The lowest BCUT2D eigenvalue weighted by Crippen LogP contribution is -2.13. The van der Waals surface area contributed by atoms with Gasteiger partial charge in [0.25, 0.3) is 5.56 Å². The molecule has 2 heterocycles. The van der Waals surface area contributed by atoms with Gasteiger partial charge < -0.3 is 15.3 Å². The number of rotatable bonds is 5. The molecule has 0 atom stereocenters. The molecule has 3 N–H and O–H groups in total. The van der Waals surface area contributed by atoms with Crippen LogP contribution in [0.4, 0.5) is 0 Å². The van der Waals surface area contributed by atoms with Crippen molar-refractivity contribution in [3.05, 3.63) is 76.7 Å². The first-order valence-corrected chi connectivity index (χ1v) is 10.4. The van der Waals surface area contributed by atoms with Crippen LogP contribution in [0.3, 0.4) is 0 Å². The molecule has 0 radical (unpaired) electrons. The van der Waals surface area contributed by atoms with E-state index in [0.29, 0.717) is 12.2 Å². The molecule has 5 rings (SSSR count). The Hall–Kier alpha value is -3.44. The molecule has 0 aliphatic carbocycles. The van der Waals surface area contributed by atoms with Crippen molar-refractivity contribution in [1.82, 2.24) is 14.5 Å². The molecular weight excluding hydrogens is 372 g/mol. The summed E-state index contributed by atoms with van der Waals surface area (Å²) >= 11 is 0. The van der Waals surface area contributed by atoms with Crippen LogP contribution >= 0.6 is 0 Å². The van der Waals surface area contributed by atoms with Gasteiger partial charge in [-0.05, 0) is 36.9 Å². The fourth-order valence-electron chi connectivity index (χ4n) is 4.48. The lowest BCUT2D eigenvalue weighted by atomic mass is 10.0. The monoisotopic (exact) mass is 396 g/mol. The molecule has 0 spiro atoms. The molecular formula is C25H24N4O. The second-order valence-electron chi connectivity index (χ2n) is 7.58. The average molecular weight is 396 g/mol. The van der Waals surface area contributed by atoms with Crippen LogP contribution in [0.1, 0.15) is 19.0 Å². The Labute approximate surface area is 174 Å². The molecule has 0 bridgehead atoms. The molecule has 0 saturated heterocycles. The summed E-state index contributed by atoms with van der Waals surface area (Å²) in [6, 6.07) is 20.3. The number of hydrogen-bond donors (Lipinski definition) is 2. The normalized spacial score (nSPS) is 11.7. The lowest BCUT2D eigenvalue weighted by molar-refractivity contribution is 0.647. The van der Waals surface area contributed by atoms with E-state index in [1.165, 1.54) is 0 Å². The summed E-state index contributed by atoms with van der Waals surface area (Å²) in [6.45, 7) is 3.59. The molecule has 150 valence electrons. The Morgan fingerprint density at radius 3 is 2.57 bits per heavy atom. The molecule has 0 aliphatic rings. The van der Waals surface area contributed by atoms with E-state index in [1.54, 1.807) is 0 Å². The Morgan fingerprint density at radius 2 is 1.77 bits per heavy atom. The van der Waals surface area contributed by atoms with E-state index in [4.69, 9.17) is 10.7 Å². The molecule has 30 heavy (non-hydrogen) atoms. The first-order valence-electron chi connectivity index (χ1n) is 10.4. The van der Waals surface area contributed by atoms with Gasteiger partial charge in [0, 0.05) is 34.1 Å². The van der Waals surface area contributed by atoms with Gasteiger partial charge in [-0.1, -0.05) is 55.5 Å². The standard InChI is InChI=1S/C25H24N4O/c1-2-20-22(18-10-5-6-11-21(18)29(20)15-7-14-26)24-25(30)27-19-13-12-16-8-3-4-9-17(16)23(19)28-24/h3-6,8-13H,2,7,14-15,26H2,1H3,(H,27,30). The summed E-state index contributed by atoms with van der Waals surface area (Å²) in [5, 5.41) is 3.21. The number of H-pyrrole nitrogens is 1. The second-order valence-corrected chi connectivity index (χ2v) is 7.58. The highest BCUT2D eigenvalue weighted by atomic mass is 16.1. The van der Waals surface area contributed by atoms with E-state index < -0.39 is 0 Å². The van der Waals surface area contributed by atoms with E-state index in [0.717, 1.165) is 63.4 Å². The minimum Gasteiger partial charge on any atom is -0.344 e. The Morgan fingerprint density at radius 1 is 1.00 bits per heavy atom. The van der Waals surface area contributed by atoms with Crippen molar-refractivity contribution in [2.45, 2.75) is 26.3 Å². The minimum atomic E-state index is -0.158. The number of nitrogens with zero attached hydrogens (tertiary/aromatic N) is 2. The number of hydrogen-bond acceptors (Lipinski definition) is 3. The first kappa shape index (κ1) is 18.6. The third-order valence-electron chi connectivity index (χ3n) is 5.82. The van der Waals surface area contributed by atoms with Gasteiger partial charge in [0.15, 0.2) is 0 Å². The smallest absolute Gasteiger partial charge is 0.275 e. The van der Waals surface area contributed by atoms with E-state index in [9.17, 15) is 4.79 Å². The predicted octanol–water partition coefficient (Wildman–Crippen LogP) is 4.61. The van der Waals surface area contributed by atoms with Gasteiger partial charge in [0.1, 0.15) is 5.69 Å². The Bertz CT molecular complexity index is 1440. The van der Waals surface area contributed by atoms with E-state index >= 15 is 0 Å². The number of aryl methyl sites for hydroxylation is 1. The maximum atomic E-state index is 13.2. The van der Waals surface area contributed by atoms with Crippen LogP contribution < -0.4 is 11.3 Å². The van der Waals surface area contributed by atoms with Crippen molar-refractivity contribution in [1.29, 1.82) is 0 Å². The average Bonchev–Trinajstić information content (AvgIpc) is 3.10. The molecule has 0 amide bonds. The summed E-state index contributed by atoms with van der Waals surface area (Å²) in [5.74, 6) is 0. The Balaban J connectivity index is 1.87. The fourth-order valence-corrected chi connectivity index (χ4v) is 4.48. The number of fused-ring (bicyclic) bond motifs is 4. The molecule has 5 nitrogen and oxygen atoms in total. The summed E-state index contributed by atoms with van der Waals surface area (Å²) in [7, 11) is 0. The summed E-state index contributed by atoms with van der Waals surface area (Å²) in [4.78, 5) is 21.2. The van der Waals surface area contributed by atoms with Crippen LogP contribution in [0.25, 0.3) is 44.0 Å². The third-order valence-corrected chi connectivity index (χ3v) is 5.82. The summed E-state index contributed by atoms with van der Waals surface area (Å²) in [5.41, 5.74) is 10.9. The van der Waals surface area contributed by atoms with E-state index in [-0.39, 0.29) is 5.56 Å². The van der Waals surface area contributed by atoms with Gasteiger partial charge in [0.05, 0.1) is 11.0 Å². The zero-order chi connectivity index (χ0) is 20.7. The van der Waals surface area contributed by atoms with Gasteiger partial charge in [0.2, 0.25) is 0 Å². The molecule has 0 saturated carbocycles.